The molecule has 4 rings (SSSR count). The molecule has 0 unspecified atom stereocenters. The second-order valence-corrected chi connectivity index (χ2v) is 8.08. The number of hydrogen-bond acceptors (Lipinski definition) is 7. The second kappa shape index (κ2) is 10.0. The minimum Gasteiger partial charge on any atom is -0.324 e. The maximum Gasteiger partial charge on any atom is 0.250 e. The summed E-state index contributed by atoms with van der Waals surface area (Å²) in [4.78, 5) is 13.4. The Hall–Kier alpha value is -3.78. The molecule has 7 nitrogen and oxygen atoms in total. The van der Waals surface area contributed by atoms with Gasteiger partial charge in [-0.1, -0.05) is 64.0 Å². The van der Waals surface area contributed by atoms with Crippen molar-refractivity contribution in [2.75, 3.05) is 16.1 Å². The summed E-state index contributed by atoms with van der Waals surface area (Å²) in [6.45, 7) is 4.11. The molecule has 0 atom stereocenters. The molecule has 1 heterocycles. The molecule has 32 heavy (non-hydrogen) atoms. The van der Waals surface area contributed by atoms with Gasteiger partial charge in [-0.15, -0.1) is 0 Å². The minimum absolute atomic E-state index is 0.319. The van der Waals surface area contributed by atoms with Crippen molar-refractivity contribution in [2.45, 2.75) is 13.8 Å². The molecule has 4 aromatic rings. The second-order valence-electron chi connectivity index (χ2n) is 7.16. The van der Waals surface area contributed by atoms with Gasteiger partial charge in [-0.2, -0.15) is 20.1 Å². The van der Waals surface area contributed by atoms with Gasteiger partial charge in [0.05, 0.1) is 6.21 Å². The number of nitrogens with zero attached hydrogens (tertiary/aromatic N) is 4. The van der Waals surface area contributed by atoms with E-state index in [1.807, 2.05) is 73.7 Å². The van der Waals surface area contributed by atoms with Gasteiger partial charge in [0.2, 0.25) is 17.8 Å². The molecular formula is C24H22BrN7. The Morgan fingerprint density at radius 2 is 1.47 bits per heavy atom. The zero-order chi connectivity index (χ0) is 22.3. The fraction of sp³-hybridized carbons (Fsp3) is 0.0833. The van der Waals surface area contributed by atoms with Crippen molar-refractivity contribution in [3.05, 3.63) is 94.0 Å². The number of halogens is 1. The topological polar surface area (TPSA) is 87.1 Å². The number of para-hydroxylation sites is 1. The molecule has 3 N–H and O–H groups in total. The van der Waals surface area contributed by atoms with Crippen molar-refractivity contribution in [3.8, 4) is 0 Å². The van der Waals surface area contributed by atoms with E-state index in [9.17, 15) is 0 Å². The normalized spacial score (nSPS) is 10.8. The summed E-state index contributed by atoms with van der Waals surface area (Å²) < 4.78 is 1.01. The largest absolute Gasteiger partial charge is 0.324 e. The van der Waals surface area contributed by atoms with Crippen molar-refractivity contribution in [1.82, 2.24) is 15.0 Å². The van der Waals surface area contributed by atoms with Gasteiger partial charge in [0.1, 0.15) is 0 Å². The lowest BCUT2D eigenvalue weighted by atomic mass is 10.1. The monoisotopic (exact) mass is 487 g/mol. The van der Waals surface area contributed by atoms with Crippen molar-refractivity contribution < 1.29 is 0 Å². The molecule has 0 saturated heterocycles. The van der Waals surface area contributed by atoms with Crippen LogP contribution in [-0.2, 0) is 0 Å². The van der Waals surface area contributed by atoms with Crippen LogP contribution >= 0.6 is 15.9 Å². The van der Waals surface area contributed by atoms with Crippen LogP contribution in [0.2, 0.25) is 0 Å². The van der Waals surface area contributed by atoms with E-state index in [0.717, 1.165) is 27.0 Å². The van der Waals surface area contributed by atoms with Gasteiger partial charge in [0, 0.05) is 15.8 Å². The lowest BCUT2D eigenvalue weighted by Crippen LogP contribution is -2.07. The lowest BCUT2D eigenvalue weighted by Gasteiger charge is -2.12. The first-order valence-corrected chi connectivity index (χ1v) is 10.8. The van der Waals surface area contributed by atoms with Gasteiger partial charge in [0.25, 0.3) is 0 Å². The molecule has 0 radical (unpaired) electrons. The quantitative estimate of drug-likeness (QED) is 0.213. The van der Waals surface area contributed by atoms with Crippen molar-refractivity contribution >= 4 is 51.4 Å². The molecule has 0 aliphatic rings. The molecule has 0 saturated carbocycles. The number of aryl methyl sites for hydroxylation is 2. The van der Waals surface area contributed by atoms with E-state index in [-0.39, 0.29) is 0 Å². The van der Waals surface area contributed by atoms with Gasteiger partial charge >= 0.3 is 0 Å². The molecule has 0 aliphatic heterocycles. The van der Waals surface area contributed by atoms with Crippen LogP contribution < -0.4 is 16.1 Å². The van der Waals surface area contributed by atoms with Crippen LogP contribution in [0, 0.1) is 13.8 Å². The van der Waals surface area contributed by atoms with Crippen LogP contribution in [0.25, 0.3) is 0 Å². The molecular weight excluding hydrogens is 466 g/mol. The molecule has 3 aromatic carbocycles. The summed E-state index contributed by atoms with van der Waals surface area (Å²) in [6, 6.07) is 23.7. The first-order valence-electron chi connectivity index (χ1n) is 10.0. The molecule has 1 aromatic heterocycles. The van der Waals surface area contributed by atoms with E-state index in [1.54, 1.807) is 6.21 Å². The molecule has 0 amide bonds. The Morgan fingerprint density at radius 1 is 0.781 bits per heavy atom. The highest BCUT2D eigenvalue weighted by Gasteiger charge is 2.09. The number of nitrogens with one attached hydrogen (secondary N) is 3. The van der Waals surface area contributed by atoms with E-state index in [2.05, 4.69) is 65.0 Å². The van der Waals surface area contributed by atoms with E-state index >= 15 is 0 Å². The van der Waals surface area contributed by atoms with Crippen molar-refractivity contribution in [1.29, 1.82) is 0 Å². The minimum atomic E-state index is 0.319. The van der Waals surface area contributed by atoms with E-state index < -0.39 is 0 Å². The highest BCUT2D eigenvalue weighted by molar-refractivity contribution is 9.10. The number of aromatic nitrogens is 3. The third kappa shape index (κ3) is 5.89. The fourth-order valence-electron chi connectivity index (χ4n) is 2.98. The molecule has 8 heteroatoms. The molecule has 0 fully saturated rings. The van der Waals surface area contributed by atoms with Gasteiger partial charge in [-0.3, -0.25) is 0 Å². The van der Waals surface area contributed by atoms with Crippen LogP contribution in [0.3, 0.4) is 0 Å². The first kappa shape index (κ1) is 21.5. The smallest absolute Gasteiger partial charge is 0.250 e. The molecule has 0 spiro atoms. The number of hydrogen-bond donors (Lipinski definition) is 3. The number of hydrazone groups is 1. The average molecular weight is 488 g/mol. The number of anilines is 5. The lowest BCUT2D eigenvalue weighted by molar-refractivity contribution is 1.04. The SMILES string of the molecule is Cc1ccc(Nc2nc(N/N=C/c3ccc(Br)cc3)nc(Nc3ccccc3)n2)c(C)c1. The average Bonchev–Trinajstić information content (AvgIpc) is 2.78. The zero-order valence-corrected chi connectivity index (χ0v) is 19.3. The Kier molecular flexibility index (Phi) is 6.72. The van der Waals surface area contributed by atoms with E-state index in [1.165, 1.54) is 5.56 Å². The standard InChI is InChI=1S/C24H22BrN7/c1-16-8-13-21(17(2)14-16)28-23-29-22(27-20-6-4-3-5-7-20)30-24(31-23)32-26-15-18-9-11-19(25)12-10-18/h3-15H,1-2H3,(H3,27,28,29,30,31,32)/b26-15+. The van der Waals surface area contributed by atoms with Crippen molar-refractivity contribution in [3.63, 3.8) is 0 Å². The summed E-state index contributed by atoms with van der Waals surface area (Å²) in [6.07, 6.45) is 1.71. The summed E-state index contributed by atoms with van der Waals surface area (Å²) in [5, 5.41) is 10.8. The van der Waals surface area contributed by atoms with Crippen LogP contribution in [0.5, 0.6) is 0 Å². The van der Waals surface area contributed by atoms with Crippen LogP contribution in [0.15, 0.2) is 82.4 Å². The summed E-state index contributed by atoms with van der Waals surface area (Å²) in [5.41, 5.74) is 7.95. The van der Waals surface area contributed by atoms with E-state index in [4.69, 9.17) is 0 Å². The van der Waals surface area contributed by atoms with Crippen molar-refractivity contribution in [2.24, 2.45) is 5.10 Å². The highest BCUT2D eigenvalue weighted by atomic mass is 79.9. The molecule has 160 valence electrons. The molecule has 0 bridgehead atoms. The Bertz CT molecular complexity index is 1230. The Morgan fingerprint density at radius 3 is 2.19 bits per heavy atom. The molecule has 0 aliphatic carbocycles. The zero-order valence-electron chi connectivity index (χ0n) is 17.7. The summed E-state index contributed by atoms with van der Waals surface area (Å²) in [5.74, 6) is 1.13. The number of benzene rings is 3. The third-order valence-corrected chi connectivity index (χ3v) is 5.07. The first-order chi connectivity index (χ1) is 15.5. The Balaban J connectivity index is 1.59. The Labute approximate surface area is 195 Å². The van der Waals surface area contributed by atoms with Gasteiger partial charge in [-0.25, -0.2) is 5.43 Å². The van der Waals surface area contributed by atoms with Gasteiger partial charge in [-0.05, 0) is 55.3 Å². The summed E-state index contributed by atoms with van der Waals surface area (Å²) >= 11 is 3.43. The third-order valence-electron chi connectivity index (χ3n) is 4.54. The van der Waals surface area contributed by atoms with Crippen LogP contribution in [0.4, 0.5) is 29.2 Å². The fourth-order valence-corrected chi connectivity index (χ4v) is 3.24. The predicted molar refractivity (Wildman–Crippen MR) is 134 cm³/mol. The highest BCUT2D eigenvalue weighted by Crippen LogP contribution is 2.22. The van der Waals surface area contributed by atoms with Gasteiger partial charge < -0.3 is 10.6 Å². The predicted octanol–water partition coefficient (Wildman–Crippen LogP) is 6.18. The van der Waals surface area contributed by atoms with Crippen LogP contribution in [-0.4, -0.2) is 21.2 Å². The number of rotatable bonds is 7. The van der Waals surface area contributed by atoms with Crippen LogP contribution in [0.1, 0.15) is 16.7 Å². The van der Waals surface area contributed by atoms with Gasteiger partial charge in [0.15, 0.2) is 0 Å². The maximum atomic E-state index is 4.52. The van der Waals surface area contributed by atoms with E-state index in [0.29, 0.717) is 17.8 Å². The summed E-state index contributed by atoms with van der Waals surface area (Å²) in [7, 11) is 0. The maximum absolute atomic E-state index is 4.52.